The molecule has 0 aliphatic heterocycles. The summed E-state index contributed by atoms with van der Waals surface area (Å²) in [5.41, 5.74) is 5.67. The number of nitrogens with one attached hydrogen (secondary N) is 1. The lowest BCUT2D eigenvalue weighted by molar-refractivity contribution is -0.148. The zero-order valence-corrected chi connectivity index (χ0v) is 17.0. The molecule has 0 saturated heterocycles. The summed E-state index contributed by atoms with van der Waals surface area (Å²) >= 11 is 0. The van der Waals surface area contributed by atoms with Crippen LogP contribution in [0, 0.1) is 6.92 Å². The van der Waals surface area contributed by atoms with Crippen LogP contribution >= 0.6 is 0 Å². The molecule has 2 unspecified atom stereocenters. The average Bonchev–Trinajstić information content (AvgIpc) is 3.10. The number of benzene rings is 3. The van der Waals surface area contributed by atoms with Crippen LogP contribution < -0.4 is 5.32 Å². The van der Waals surface area contributed by atoms with Crippen molar-refractivity contribution >= 4 is 12.1 Å². The summed E-state index contributed by atoms with van der Waals surface area (Å²) in [6.45, 7) is 1.89. The third-order valence-corrected chi connectivity index (χ3v) is 5.71. The maximum Gasteiger partial charge on any atom is 0.407 e. The van der Waals surface area contributed by atoms with Gasteiger partial charge in [-0.1, -0.05) is 72.8 Å². The molecular formula is C25H23NO5. The van der Waals surface area contributed by atoms with Crippen LogP contribution in [0.25, 0.3) is 11.1 Å². The van der Waals surface area contributed by atoms with E-state index in [9.17, 15) is 19.8 Å². The molecule has 3 aromatic carbocycles. The van der Waals surface area contributed by atoms with Crippen molar-refractivity contribution in [3.05, 3.63) is 95.1 Å². The van der Waals surface area contributed by atoms with Gasteiger partial charge < -0.3 is 20.3 Å². The van der Waals surface area contributed by atoms with Gasteiger partial charge >= 0.3 is 12.1 Å². The zero-order valence-electron chi connectivity index (χ0n) is 17.0. The number of carboxylic acid groups (broad SMARTS) is 1. The van der Waals surface area contributed by atoms with E-state index in [0.29, 0.717) is 5.56 Å². The Bertz CT molecular complexity index is 1080. The van der Waals surface area contributed by atoms with Crippen molar-refractivity contribution in [2.24, 2.45) is 0 Å². The van der Waals surface area contributed by atoms with Crippen molar-refractivity contribution in [2.45, 2.75) is 25.0 Å². The number of hydrogen-bond acceptors (Lipinski definition) is 4. The number of hydrogen-bond donors (Lipinski definition) is 3. The van der Waals surface area contributed by atoms with Crippen LogP contribution in [-0.2, 0) is 9.53 Å². The van der Waals surface area contributed by atoms with Crippen LogP contribution in [0.3, 0.4) is 0 Å². The first-order chi connectivity index (χ1) is 15.0. The Hall–Kier alpha value is -3.64. The van der Waals surface area contributed by atoms with E-state index in [4.69, 9.17) is 4.74 Å². The van der Waals surface area contributed by atoms with Crippen molar-refractivity contribution < 1.29 is 24.5 Å². The number of carboxylic acids is 1. The Labute approximate surface area is 180 Å². The standard InChI is InChI=1S/C25H23NO5/c1-15-8-2-3-9-16(15)22(23(27)24(28)29)26-25(30)31-14-21-19-12-6-4-10-17(19)18-11-5-7-13-20(18)21/h2-13,21-23,27H,14H2,1H3,(H,26,30)(H,28,29). The maximum absolute atomic E-state index is 12.6. The SMILES string of the molecule is Cc1ccccc1C(NC(=O)OCC1c2ccccc2-c2ccccc21)C(O)C(=O)O. The number of amides is 1. The van der Waals surface area contributed by atoms with Crippen LogP contribution in [0.15, 0.2) is 72.8 Å². The fraction of sp³-hybridized carbons (Fsp3) is 0.200. The molecule has 158 valence electrons. The summed E-state index contributed by atoms with van der Waals surface area (Å²) in [7, 11) is 0. The van der Waals surface area contributed by atoms with Crippen LogP contribution in [-0.4, -0.2) is 35.0 Å². The highest BCUT2D eigenvalue weighted by Gasteiger charge is 2.32. The Morgan fingerprint density at radius 2 is 1.48 bits per heavy atom. The van der Waals surface area contributed by atoms with Crippen LogP contribution in [0.5, 0.6) is 0 Å². The zero-order chi connectivity index (χ0) is 22.0. The predicted octanol–water partition coefficient (Wildman–Crippen LogP) is 4.02. The molecule has 6 heteroatoms. The van der Waals surface area contributed by atoms with E-state index in [2.05, 4.69) is 5.32 Å². The molecule has 3 aromatic rings. The van der Waals surface area contributed by atoms with Crippen LogP contribution in [0.4, 0.5) is 4.79 Å². The molecule has 0 radical (unpaired) electrons. The van der Waals surface area contributed by atoms with Crippen molar-refractivity contribution in [3.63, 3.8) is 0 Å². The fourth-order valence-corrected chi connectivity index (χ4v) is 4.17. The van der Waals surface area contributed by atoms with Crippen molar-refractivity contribution in [3.8, 4) is 11.1 Å². The highest BCUT2D eigenvalue weighted by atomic mass is 16.5. The number of ether oxygens (including phenoxy) is 1. The molecule has 1 amide bonds. The van der Waals surface area contributed by atoms with E-state index in [1.165, 1.54) is 0 Å². The van der Waals surface area contributed by atoms with Gasteiger partial charge in [0.2, 0.25) is 0 Å². The van der Waals surface area contributed by atoms with E-state index >= 15 is 0 Å². The highest BCUT2D eigenvalue weighted by molar-refractivity contribution is 5.79. The second-order valence-corrected chi connectivity index (χ2v) is 7.59. The Kier molecular flexibility index (Phi) is 5.73. The van der Waals surface area contributed by atoms with E-state index in [1.54, 1.807) is 31.2 Å². The first-order valence-electron chi connectivity index (χ1n) is 10.0. The summed E-state index contributed by atoms with van der Waals surface area (Å²) in [5.74, 6) is -1.54. The van der Waals surface area contributed by atoms with Crippen LogP contribution in [0.1, 0.15) is 34.2 Å². The minimum atomic E-state index is -1.80. The molecule has 31 heavy (non-hydrogen) atoms. The lowest BCUT2D eigenvalue weighted by Gasteiger charge is -2.24. The molecule has 6 nitrogen and oxygen atoms in total. The van der Waals surface area contributed by atoms with Gasteiger partial charge in [0.25, 0.3) is 0 Å². The van der Waals surface area contributed by atoms with Crippen molar-refractivity contribution in [1.82, 2.24) is 5.32 Å². The van der Waals surface area contributed by atoms with E-state index < -0.39 is 24.2 Å². The number of aliphatic hydroxyl groups is 1. The second-order valence-electron chi connectivity index (χ2n) is 7.59. The molecular weight excluding hydrogens is 394 g/mol. The normalized spacial score (nSPS) is 14.3. The fourth-order valence-electron chi connectivity index (χ4n) is 4.17. The number of aliphatic carboxylic acids is 1. The van der Waals surface area contributed by atoms with Gasteiger partial charge in [-0.25, -0.2) is 9.59 Å². The third kappa shape index (κ3) is 4.02. The summed E-state index contributed by atoms with van der Waals surface area (Å²) < 4.78 is 5.51. The van der Waals surface area contributed by atoms with Gasteiger partial charge in [0.15, 0.2) is 6.10 Å². The first-order valence-corrected chi connectivity index (χ1v) is 10.0. The molecule has 0 fully saturated rings. The topological polar surface area (TPSA) is 95.9 Å². The van der Waals surface area contributed by atoms with Gasteiger partial charge in [-0.3, -0.25) is 0 Å². The number of alkyl carbamates (subject to hydrolysis) is 1. The van der Waals surface area contributed by atoms with Gasteiger partial charge in [0, 0.05) is 5.92 Å². The molecule has 0 aromatic heterocycles. The molecule has 2 atom stereocenters. The molecule has 3 N–H and O–H groups in total. The number of carbonyl (C=O) groups is 2. The Balaban J connectivity index is 1.52. The summed E-state index contributed by atoms with van der Waals surface area (Å²) in [5, 5.41) is 22.0. The second kappa shape index (κ2) is 8.62. The molecule has 0 spiro atoms. The number of fused-ring (bicyclic) bond motifs is 3. The smallest absolute Gasteiger partial charge is 0.407 e. The first kappa shape index (κ1) is 20.6. The number of carbonyl (C=O) groups excluding carboxylic acids is 1. The van der Waals surface area contributed by atoms with Crippen LogP contribution in [0.2, 0.25) is 0 Å². The Morgan fingerprint density at radius 3 is 2.06 bits per heavy atom. The van der Waals surface area contributed by atoms with E-state index in [1.807, 2.05) is 48.5 Å². The minimum absolute atomic E-state index is 0.101. The maximum atomic E-state index is 12.6. The summed E-state index contributed by atoms with van der Waals surface area (Å²) in [6.07, 6.45) is -2.59. The Morgan fingerprint density at radius 1 is 0.935 bits per heavy atom. The predicted molar refractivity (Wildman–Crippen MR) is 116 cm³/mol. The third-order valence-electron chi connectivity index (χ3n) is 5.71. The monoisotopic (exact) mass is 417 g/mol. The van der Waals surface area contributed by atoms with Gasteiger partial charge in [-0.05, 0) is 40.3 Å². The quantitative estimate of drug-likeness (QED) is 0.563. The lowest BCUT2D eigenvalue weighted by atomic mass is 9.97. The largest absolute Gasteiger partial charge is 0.479 e. The molecule has 0 heterocycles. The summed E-state index contributed by atoms with van der Waals surface area (Å²) in [4.78, 5) is 24.0. The average molecular weight is 417 g/mol. The van der Waals surface area contributed by atoms with Gasteiger partial charge in [-0.2, -0.15) is 0 Å². The number of aryl methyl sites for hydroxylation is 1. The van der Waals surface area contributed by atoms with Crippen molar-refractivity contribution in [1.29, 1.82) is 0 Å². The number of rotatable bonds is 6. The van der Waals surface area contributed by atoms with Gasteiger partial charge in [0.05, 0.1) is 6.04 Å². The van der Waals surface area contributed by atoms with E-state index in [-0.39, 0.29) is 12.5 Å². The minimum Gasteiger partial charge on any atom is -0.479 e. The molecule has 1 aliphatic rings. The van der Waals surface area contributed by atoms with Crippen molar-refractivity contribution in [2.75, 3.05) is 6.61 Å². The lowest BCUT2D eigenvalue weighted by Crippen LogP contribution is -2.41. The molecule has 1 aliphatic carbocycles. The highest BCUT2D eigenvalue weighted by Crippen LogP contribution is 2.44. The summed E-state index contributed by atoms with van der Waals surface area (Å²) in [6, 6.07) is 21.9. The molecule has 0 saturated carbocycles. The molecule has 0 bridgehead atoms. The van der Waals surface area contributed by atoms with Gasteiger partial charge in [0.1, 0.15) is 6.61 Å². The van der Waals surface area contributed by atoms with Gasteiger partial charge in [-0.15, -0.1) is 0 Å². The van der Waals surface area contributed by atoms with E-state index in [0.717, 1.165) is 27.8 Å². The molecule has 4 rings (SSSR count). The number of aliphatic hydroxyl groups excluding tert-OH is 1.